The van der Waals surface area contributed by atoms with Gasteiger partial charge < -0.3 is 20.5 Å². The van der Waals surface area contributed by atoms with Crippen molar-refractivity contribution in [2.45, 2.75) is 26.4 Å². The summed E-state index contributed by atoms with van der Waals surface area (Å²) in [6.45, 7) is 4.19. The van der Waals surface area contributed by atoms with Crippen LogP contribution in [0.1, 0.15) is 27.3 Å². The minimum absolute atomic E-state index is 0.203. The van der Waals surface area contributed by atoms with E-state index in [1.165, 1.54) is 16.9 Å². The van der Waals surface area contributed by atoms with Crippen LogP contribution < -0.4 is 16.0 Å². The van der Waals surface area contributed by atoms with Gasteiger partial charge in [0.25, 0.3) is 5.91 Å². The summed E-state index contributed by atoms with van der Waals surface area (Å²) < 4.78 is 4.01. The second-order valence-corrected chi connectivity index (χ2v) is 10.6. The fourth-order valence-corrected chi connectivity index (χ4v) is 5.37. The van der Waals surface area contributed by atoms with Crippen LogP contribution in [0.3, 0.4) is 0 Å². The quantitative estimate of drug-likeness (QED) is 0.167. The molecule has 2 aromatic carbocycles. The molecule has 0 aliphatic carbocycles. The average Bonchev–Trinajstić information content (AvgIpc) is 3.73. The molecule has 3 N–H and O–H groups in total. The van der Waals surface area contributed by atoms with Crippen LogP contribution in [0.25, 0.3) is 10.9 Å². The van der Waals surface area contributed by atoms with Crippen LogP contribution in [0.5, 0.6) is 0 Å². The van der Waals surface area contributed by atoms with E-state index < -0.39 is 0 Å². The predicted molar refractivity (Wildman–Crippen MR) is 163 cm³/mol. The molecule has 0 radical (unpaired) electrons. The second kappa shape index (κ2) is 12.0. The summed E-state index contributed by atoms with van der Waals surface area (Å²) in [6, 6.07) is 21.8. The van der Waals surface area contributed by atoms with Crippen molar-refractivity contribution in [1.29, 1.82) is 0 Å². The van der Waals surface area contributed by atoms with Crippen molar-refractivity contribution < 1.29 is 4.79 Å². The van der Waals surface area contributed by atoms with Crippen LogP contribution >= 0.6 is 11.3 Å². The van der Waals surface area contributed by atoms with Gasteiger partial charge in [-0.3, -0.25) is 9.48 Å². The molecule has 0 aliphatic heterocycles. The van der Waals surface area contributed by atoms with E-state index in [1.807, 2.05) is 89.5 Å². The zero-order chi connectivity index (χ0) is 28.0. The largest absolute Gasteiger partial charge is 0.370 e. The Morgan fingerprint density at radius 2 is 1.88 bits per heavy atom. The van der Waals surface area contributed by atoms with Gasteiger partial charge in [-0.15, -0.1) is 0 Å². The minimum atomic E-state index is -0.203. The SMILES string of the molecule is Cc1nc(Nc2cccc(NCCCn3ccnc3)n2)sc1C(=O)Nc1ccc2c(cnn2Cc2ccccc2)c1. The third-order valence-electron chi connectivity index (χ3n) is 6.52. The maximum atomic E-state index is 13.1. The van der Waals surface area contributed by atoms with Gasteiger partial charge in [-0.05, 0) is 49.2 Å². The number of nitrogens with zero attached hydrogens (tertiary/aromatic N) is 6. The summed E-state index contributed by atoms with van der Waals surface area (Å²) in [7, 11) is 0. The van der Waals surface area contributed by atoms with Gasteiger partial charge in [-0.2, -0.15) is 5.10 Å². The van der Waals surface area contributed by atoms with E-state index in [4.69, 9.17) is 0 Å². The number of aromatic nitrogens is 6. The highest BCUT2D eigenvalue weighted by molar-refractivity contribution is 7.17. The smallest absolute Gasteiger partial charge is 0.267 e. The number of benzene rings is 2. The summed E-state index contributed by atoms with van der Waals surface area (Å²) in [6.07, 6.45) is 8.32. The van der Waals surface area contributed by atoms with Crippen molar-refractivity contribution in [3.8, 4) is 0 Å². The Labute approximate surface area is 241 Å². The van der Waals surface area contributed by atoms with Crippen molar-refractivity contribution in [3.63, 3.8) is 0 Å². The van der Waals surface area contributed by atoms with Gasteiger partial charge in [0.2, 0.25) is 0 Å². The molecule has 6 aromatic rings. The molecule has 206 valence electrons. The highest BCUT2D eigenvalue weighted by Crippen LogP contribution is 2.27. The zero-order valence-corrected chi connectivity index (χ0v) is 23.3. The number of rotatable bonds is 11. The normalized spacial score (nSPS) is 11.0. The number of imidazole rings is 1. The third-order valence-corrected chi connectivity index (χ3v) is 7.59. The van der Waals surface area contributed by atoms with E-state index in [0.717, 1.165) is 36.2 Å². The van der Waals surface area contributed by atoms with Crippen LogP contribution in [0.4, 0.5) is 22.5 Å². The summed E-state index contributed by atoms with van der Waals surface area (Å²) in [5, 5.41) is 15.7. The molecule has 10 nitrogen and oxygen atoms in total. The second-order valence-electron chi connectivity index (χ2n) is 9.56. The molecule has 4 heterocycles. The number of carbonyl (C=O) groups excluding carboxylic acids is 1. The Balaban J connectivity index is 1.07. The van der Waals surface area contributed by atoms with Crippen molar-refractivity contribution in [2.75, 3.05) is 22.5 Å². The number of fused-ring (bicyclic) bond motifs is 1. The number of anilines is 4. The van der Waals surface area contributed by atoms with Gasteiger partial charge in [-0.1, -0.05) is 47.7 Å². The number of aryl methyl sites for hydroxylation is 2. The molecule has 0 aliphatic rings. The number of nitrogens with one attached hydrogen (secondary N) is 3. The van der Waals surface area contributed by atoms with Gasteiger partial charge in [0.05, 0.1) is 30.3 Å². The van der Waals surface area contributed by atoms with Gasteiger partial charge >= 0.3 is 0 Å². The Morgan fingerprint density at radius 1 is 1.00 bits per heavy atom. The number of carbonyl (C=O) groups is 1. The lowest BCUT2D eigenvalue weighted by Gasteiger charge is -2.08. The fraction of sp³-hybridized carbons (Fsp3) is 0.167. The van der Waals surface area contributed by atoms with Crippen molar-refractivity contribution in [2.24, 2.45) is 0 Å². The minimum Gasteiger partial charge on any atom is -0.370 e. The molecule has 0 bridgehead atoms. The van der Waals surface area contributed by atoms with E-state index in [-0.39, 0.29) is 5.91 Å². The molecule has 11 heteroatoms. The number of thiazole rings is 1. The molecule has 41 heavy (non-hydrogen) atoms. The summed E-state index contributed by atoms with van der Waals surface area (Å²) in [4.78, 5) is 26.9. The lowest BCUT2D eigenvalue weighted by Crippen LogP contribution is -2.11. The molecular formula is C30H29N9OS. The molecule has 6 rings (SSSR count). The van der Waals surface area contributed by atoms with Crippen LogP contribution in [-0.4, -0.2) is 41.8 Å². The Morgan fingerprint density at radius 3 is 2.73 bits per heavy atom. The average molecular weight is 564 g/mol. The first-order valence-electron chi connectivity index (χ1n) is 13.3. The van der Waals surface area contributed by atoms with E-state index in [2.05, 4.69) is 48.1 Å². The molecule has 0 atom stereocenters. The fourth-order valence-electron chi connectivity index (χ4n) is 4.51. The highest BCUT2D eigenvalue weighted by atomic mass is 32.1. The van der Waals surface area contributed by atoms with Gasteiger partial charge in [-0.25, -0.2) is 15.0 Å². The highest BCUT2D eigenvalue weighted by Gasteiger charge is 2.17. The molecule has 0 saturated carbocycles. The van der Waals surface area contributed by atoms with Crippen molar-refractivity contribution in [1.82, 2.24) is 29.3 Å². The number of amides is 1. The Hall–Kier alpha value is -5.03. The molecule has 0 fully saturated rings. The van der Waals surface area contributed by atoms with Crippen molar-refractivity contribution in [3.05, 3.63) is 108 Å². The van der Waals surface area contributed by atoms with Gasteiger partial charge in [0, 0.05) is 36.6 Å². The Bertz CT molecular complexity index is 1760. The molecule has 4 aromatic heterocycles. The maximum Gasteiger partial charge on any atom is 0.267 e. The molecule has 1 amide bonds. The molecule has 0 spiro atoms. The predicted octanol–water partition coefficient (Wildman–Crippen LogP) is 5.94. The lowest BCUT2D eigenvalue weighted by molar-refractivity contribution is 0.103. The topological polar surface area (TPSA) is 115 Å². The summed E-state index contributed by atoms with van der Waals surface area (Å²) in [5.74, 6) is 1.22. The summed E-state index contributed by atoms with van der Waals surface area (Å²) >= 11 is 1.30. The van der Waals surface area contributed by atoms with Crippen LogP contribution in [0, 0.1) is 6.92 Å². The first-order valence-corrected chi connectivity index (χ1v) is 14.1. The number of pyridine rings is 1. The monoisotopic (exact) mass is 563 g/mol. The third kappa shape index (κ3) is 6.42. The van der Waals surface area contributed by atoms with Crippen LogP contribution in [0.15, 0.2) is 91.6 Å². The van der Waals surface area contributed by atoms with Crippen LogP contribution in [0.2, 0.25) is 0 Å². The lowest BCUT2D eigenvalue weighted by atomic mass is 10.2. The number of hydrogen-bond donors (Lipinski definition) is 3. The van der Waals surface area contributed by atoms with Gasteiger partial charge in [0.15, 0.2) is 5.13 Å². The Kier molecular flexibility index (Phi) is 7.68. The standard InChI is InChI=1S/C30H29N9OS/c1-21-28(29(40)35-24-11-12-25-23(17-24)18-33-39(25)19-22-7-3-2-4-8-22)41-30(34-21)37-27-10-5-9-26(36-27)32-13-6-15-38-16-14-31-20-38/h2-5,7-12,14,16-18,20H,6,13,15,19H2,1H3,(H,35,40)(H2,32,34,36,37). The molecular weight excluding hydrogens is 534 g/mol. The zero-order valence-electron chi connectivity index (χ0n) is 22.5. The maximum absolute atomic E-state index is 13.1. The molecule has 0 saturated heterocycles. The van der Waals surface area contributed by atoms with E-state index >= 15 is 0 Å². The van der Waals surface area contributed by atoms with Crippen molar-refractivity contribution >= 4 is 50.6 Å². The number of hydrogen-bond acceptors (Lipinski definition) is 8. The van der Waals surface area contributed by atoms with E-state index in [1.54, 1.807) is 6.20 Å². The molecule has 0 unspecified atom stereocenters. The van der Waals surface area contributed by atoms with E-state index in [9.17, 15) is 4.79 Å². The summed E-state index contributed by atoms with van der Waals surface area (Å²) in [5.41, 5.74) is 3.55. The first-order chi connectivity index (χ1) is 20.1. The van der Waals surface area contributed by atoms with E-state index in [0.29, 0.717) is 33.8 Å². The van der Waals surface area contributed by atoms with Crippen LogP contribution in [-0.2, 0) is 13.1 Å². The first kappa shape index (κ1) is 26.2. The van der Waals surface area contributed by atoms with Gasteiger partial charge in [0.1, 0.15) is 16.5 Å².